The monoisotopic (exact) mass is 343 g/mol. The van der Waals surface area contributed by atoms with Crippen molar-refractivity contribution in [3.63, 3.8) is 0 Å². The van der Waals surface area contributed by atoms with Crippen molar-refractivity contribution < 1.29 is 14.5 Å². The molecule has 3 rings (SSSR count). The number of nitrogens with two attached hydrogens (primary N) is 1. The Morgan fingerprint density at radius 1 is 1.17 bits per heavy atom. The van der Waals surface area contributed by atoms with Gasteiger partial charge in [0.05, 0.1) is 15.9 Å². The topological polar surface area (TPSA) is 107 Å². The molecule has 1 fully saturated rings. The second kappa shape index (κ2) is 6.32. The third kappa shape index (κ3) is 3.09. The van der Waals surface area contributed by atoms with Crippen LogP contribution in [0.1, 0.15) is 6.42 Å². The largest absolute Gasteiger partial charge is 0.399 e. The van der Waals surface area contributed by atoms with Crippen LogP contribution in [-0.4, -0.2) is 22.0 Å². The summed E-state index contributed by atoms with van der Waals surface area (Å²) in [6.45, 7) is 0. The quantitative estimate of drug-likeness (QED) is 0.396. The van der Waals surface area contributed by atoms with E-state index < -0.39 is 10.2 Å². The van der Waals surface area contributed by atoms with Gasteiger partial charge in [0.2, 0.25) is 11.8 Å². The molecule has 1 saturated heterocycles. The Morgan fingerprint density at radius 2 is 1.88 bits per heavy atom. The molecule has 1 aliphatic rings. The Bertz CT molecular complexity index is 822. The Morgan fingerprint density at radius 3 is 2.50 bits per heavy atom. The maximum Gasteiger partial charge on any atom is 0.269 e. The fourth-order valence-electron chi connectivity index (χ4n) is 2.44. The number of carbonyl (C=O) groups excluding carboxylic acids is 2. The van der Waals surface area contributed by atoms with E-state index in [1.54, 1.807) is 18.2 Å². The van der Waals surface area contributed by atoms with Gasteiger partial charge in [-0.15, -0.1) is 11.8 Å². The van der Waals surface area contributed by atoms with E-state index in [1.807, 2.05) is 6.07 Å². The second-order valence-electron chi connectivity index (χ2n) is 5.22. The van der Waals surface area contributed by atoms with Crippen LogP contribution >= 0.6 is 11.8 Å². The van der Waals surface area contributed by atoms with Crippen LogP contribution in [0.15, 0.2) is 53.4 Å². The highest BCUT2D eigenvalue weighted by molar-refractivity contribution is 8.00. The zero-order valence-corrected chi connectivity index (χ0v) is 13.2. The number of hydrogen-bond acceptors (Lipinski definition) is 6. The summed E-state index contributed by atoms with van der Waals surface area (Å²) in [5.41, 5.74) is 6.55. The van der Waals surface area contributed by atoms with Crippen LogP contribution in [0.4, 0.5) is 17.1 Å². The highest BCUT2D eigenvalue weighted by Gasteiger charge is 2.40. The summed E-state index contributed by atoms with van der Waals surface area (Å²) >= 11 is 1.28. The Labute approximate surface area is 141 Å². The molecule has 0 aromatic heterocycles. The lowest BCUT2D eigenvalue weighted by Gasteiger charge is -2.14. The SMILES string of the molecule is Nc1cccc(S[C@@H]2CC(=O)N(c3ccc([N+](=O)[O-])cc3)C2=O)c1. The number of nitro groups is 1. The number of non-ortho nitro benzene ring substituents is 1. The first-order valence-electron chi connectivity index (χ1n) is 7.09. The van der Waals surface area contributed by atoms with Crippen molar-refractivity contribution in [3.8, 4) is 0 Å². The first-order chi connectivity index (χ1) is 11.5. The van der Waals surface area contributed by atoms with Crippen molar-refractivity contribution in [2.45, 2.75) is 16.6 Å². The van der Waals surface area contributed by atoms with Gasteiger partial charge < -0.3 is 5.73 Å². The number of amides is 2. The summed E-state index contributed by atoms with van der Waals surface area (Å²) in [5.74, 6) is -0.656. The van der Waals surface area contributed by atoms with Gasteiger partial charge in [-0.2, -0.15) is 0 Å². The molecule has 7 nitrogen and oxygen atoms in total. The minimum absolute atomic E-state index is 0.0787. The number of imide groups is 1. The van der Waals surface area contributed by atoms with E-state index in [2.05, 4.69) is 0 Å². The smallest absolute Gasteiger partial charge is 0.269 e. The highest BCUT2D eigenvalue weighted by atomic mass is 32.2. The van der Waals surface area contributed by atoms with Crippen LogP contribution < -0.4 is 10.6 Å². The molecule has 1 atom stereocenters. The summed E-state index contributed by atoms with van der Waals surface area (Å²) in [4.78, 5) is 36.8. The number of nitrogen functional groups attached to an aromatic ring is 1. The van der Waals surface area contributed by atoms with E-state index in [9.17, 15) is 19.7 Å². The Balaban J connectivity index is 1.80. The highest BCUT2D eigenvalue weighted by Crippen LogP contribution is 2.34. The number of thioether (sulfide) groups is 1. The molecule has 2 aromatic carbocycles. The predicted molar refractivity (Wildman–Crippen MR) is 90.7 cm³/mol. The summed E-state index contributed by atoms with van der Waals surface area (Å²) in [7, 11) is 0. The van der Waals surface area contributed by atoms with Crippen molar-refractivity contribution in [2.24, 2.45) is 0 Å². The van der Waals surface area contributed by atoms with Crippen molar-refractivity contribution in [1.29, 1.82) is 0 Å². The maximum atomic E-state index is 12.5. The normalized spacial score (nSPS) is 17.3. The second-order valence-corrected chi connectivity index (χ2v) is 6.50. The third-order valence-electron chi connectivity index (χ3n) is 3.56. The zero-order chi connectivity index (χ0) is 17.3. The fourth-order valence-corrected chi connectivity index (χ4v) is 3.56. The number of hydrogen-bond donors (Lipinski definition) is 1. The minimum Gasteiger partial charge on any atom is -0.399 e. The zero-order valence-electron chi connectivity index (χ0n) is 12.4. The standard InChI is InChI=1S/C16H13N3O4S/c17-10-2-1-3-13(8-10)24-14-9-15(20)18(16(14)21)11-4-6-12(7-5-11)19(22)23/h1-8,14H,9,17H2/t14-/m1/s1. The number of carbonyl (C=O) groups is 2. The van der Waals surface area contributed by atoms with Crippen molar-refractivity contribution in [3.05, 3.63) is 58.6 Å². The van der Waals surface area contributed by atoms with Gasteiger partial charge in [0.25, 0.3) is 5.69 Å². The van der Waals surface area contributed by atoms with Crippen LogP contribution in [0, 0.1) is 10.1 Å². The first-order valence-corrected chi connectivity index (χ1v) is 7.97. The molecule has 2 N–H and O–H groups in total. The number of benzene rings is 2. The number of anilines is 2. The summed E-state index contributed by atoms with van der Waals surface area (Å²) in [6, 6.07) is 12.5. The van der Waals surface area contributed by atoms with Crippen LogP contribution in [0.25, 0.3) is 0 Å². The molecule has 0 spiro atoms. The number of nitrogens with zero attached hydrogens (tertiary/aromatic N) is 2. The van der Waals surface area contributed by atoms with Crippen LogP contribution in [0.3, 0.4) is 0 Å². The average Bonchev–Trinajstić information content (AvgIpc) is 2.81. The molecule has 24 heavy (non-hydrogen) atoms. The van der Waals surface area contributed by atoms with E-state index >= 15 is 0 Å². The van der Waals surface area contributed by atoms with Gasteiger partial charge in [-0.3, -0.25) is 19.7 Å². The van der Waals surface area contributed by atoms with E-state index in [4.69, 9.17) is 5.73 Å². The van der Waals surface area contributed by atoms with Gasteiger partial charge in [-0.25, -0.2) is 4.90 Å². The molecule has 0 bridgehead atoms. The molecule has 0 aliphatic carbocycles. The van der Waals surface area contributed by atoms with Crippen LogP contribution in [0.2, 0.25) is 0 Å². The minimum atomic E-state index is -0.533. The molecule has 0 radical (unpaired) electrons. The molecular formula is C16H13N3O4S. The van der Waals surface area contributed by atoms with Gasteiger partial charge in [-0.1, -0.05) is 6.07 Å². The molecule has 2 amide bonds. The fraction of sp³-hybridized carbons (Fsp3) is 0.125. The molecule has 0 saturated carbocycles. The molecule has 0 unspecified atom stereocenters. The average molecular weight is 343 g/mol. The summed E-state index contributed by atoms with van der Waals surface area (Å²) in [6.07, 6.45) is 0.0787. The summed E-state index contributed by atoms with van der Waals surface area (Å²) in [5, 5.41) is 10.2. The Hall–Kier alpha value is -2.87. The van der Waals surface area contributed by atoms with Crippen molar-refractivity contribution in [2.75, 3.05) is 10.6 Å². The lowest BCUT2D eigenvalue weighted by Crippen LogP contribution is -2.31. The molecule has 2 aromatic rings. The predicted octanol–water partition coefficient (Wildman–Crippen LogP) is 2.60. The van der Waals surface area contributed by atoms with Crippen LogP contribution in [-0.2, 0) is 9.59 Å². The lowest BCUT2D eigenvalue weighted by molar-refractivity contribution is -0.384. The third-order valence-corrected chi connectivity index (χ3v) is 4.74. The molecule has 122 valence electrons. The summed E-state index contributed by atoms with van der Waals surface area (Å²) < 4.78 is 0. The lowest BCUT2D eigenvalue weighted by atomic mass is 10.2. The van der Waals surface area contributed by atoms with Crippen LogP contribution in [0.5, 0.6) is 0 Å². The van der Waals surface area contributed by atoms with E-state index in [0.717, 1.165) is 9.80 Å². The Kier molecular flexibility index (Phi) is 4.22. The number of nitro benzene ring substituents is 1. The first kappa shape index (κ1) is 16.0. The van der Waals surface area contributed by atoms with E-state index in [1.165, 1.54) is 36.0 Å². The van der Waals surface area contributed by atoms with Gasteiger partial charge in [0.1, 0.15) is 0 Å². The molecule has 1 heterocycles. The van der Waals surface area contributed by atoms with E-state index in [-0.39, 0.29) is 23.9 Å². The molecular weight excluding hydrogens is 330 g/mol. The van der Waals surface area contributed by atoms with Gasteiger partial charge in [0, 0.05) is 29.1 Å². The van der Waals surface area contributed by atoms with E-state index in [0.29, 0.717) is 11.4 Å². The number of rotatable bonds is 4. The van der Waals surface area contributed by atoms with Gasteiger partial charge in [0.15, 0.2) is 0 Å². The van der Waals surface area contributed by atoms with Gasteiger partial charge in [-0.05, 0) is 30.3 Å². The van der Waals surface area contributed by atoms with Gasteiger partial charge >= 0.3 is 0 Å². The molecule has 1 aliphatic heterocycles. The van der Waals surface area contributed by atoms with Crippen molar-refractivity contribution >= 4 is 40.6 Å². The van der Waals surface area contributed by atoms with Crippen molar-refractivity contribution in [1.82, 2.24) is 0 Å². The maximum absolute atomic E-state index is 12.5. The molecule has 8 heteroatoms.